The highest BCUT2D eigenvalue weighted by Crippen LogP contribution is 2.29. The highest BCUT2D eigenvalue weighted by atomic mass is 32.1. The first-order chi connectivity index (χ1) is 10.2. The molecule has 1 aromatic carbocycles. The van der Waals surface area contributed by atoms with E-state index in [-0.39, 0.29) is 0 Å². The predicted molar refractivity (Wildman–Crippen MR) is 85.7 cm³/mol. The molecule has 0 radical (unpaired) electrons. The summed E-state index contributed by atoms with van der Waals surface area (Å²) in [6, 6.07) is 10.0. The van der Waals surface area contributed by atoms with Crippen molar-refractivity contribution in [2.45, 2.75) is 20.8 Å². The summed E-state index contributed by atoms with van der Waals surface area (Å²) in [5.74, 6) is 0. The fourth-order valence-corrected chi connectivity index (χ4v) is 2.65. The summed E-state index contributed by atoms with van der Waals surface area (Å²) in [6.45, 7) is 8.01. The fourth-order valence-electron chi connectivity index (χ4n) is 1.98. The van der Waals surface area contributed by atoms with Gasteiger partial charge in [-0.3, -0.25) is 0 Å². The topological polar surface area (TPSA) is 64.6 Å². The molecule has 0 unspecified atom stereocenters. The Morgan fingerprint density at radius 1 is 1.19 bits per heavy atom. The molecule has 0 aliphatic heterocycles. The first-order valence-electron chi connectivity index (χ1n) is 6.82. The van der Waals surface area contributed by atoms with Crippen LogP contribution in [-0.4, -0.2) is 17.5 Å². The van der Waals surface area contributed by atoms with Gasteiger partial charge in [-0.25, -0.2) is 0 Å². The van der Waals surface area contributed by atoms with Crippen molar-refractivity contribution in [3.05, 3.63) is 35.5 Å². The number of benzene rings is 1. The number of nitriles is 1. The van der Waals surface area contributed by atoms with Crippen molar-refractivity contribution in [1.82, 2.24) is 4.37 Å². The molecule has 2 rings (SSSR count). The second kappa shape index (κ2) is 6.95. The van der Waals surface area contributed by atoms with E-state index in [4.69, 9.17) is 5.26 Å². The highest BCUT2D eigenvalue weighted by molar-refractivity contribution is 7.10. The third kappa shape index (κ3) is 3.44. The van der Waals surface area contributed by atoms with Crippen LogP contribution in [0, 0.1) is 18.3 Å². The average Bonchev–Trinajstić information content (AvgIpc) is 2.87. The van der Waals surface area contributed by atoms with Crippen molar-refractivity contribution in [1.29, 1.82) is 5.26 Å². The summed E-state index contributed by atoms with van der Waals surface area (Å²) in [6.07, 6.45) is 0. The van der Waals surface area contributed by atoms with Crippen LogP contribution < -0.4 is 4.90 Å². The maximum atomic E-state index is 9.05. The van der Waals surface area contributed by atoms with Crippen LogP contribution >= 0.6 is 11.5 Å². The van der Waals surface area contributed by atoms with E-state index in [0.717, 1.165) is 18.8 Å². The normalized spacial score (nSPS) is 10.8. The molecule has 0 saturated heterocycles. The van der Waals surface area contributed by atoms with Crippen LogP contribution in [-0.2, 0) is 0 Å². The third-order valence-electron chi connectivity index (χ3n) is 3.19. The molecule has 0 aliphatic rings. The monoisotopic (exact) mass is 299 g/mol. The smallest absolute Gasteiger partial charge is 0.176 e. The molecule has 0 N–H and O–H groups in total. The van der Waals surface area contributed by atoms with Crippen molar-refractivity contribution in [3.63, 3.8) is 0 Å². The van der Waals surface area contributed by atoms with Crippen LogP contribution in [0.2, 0.25) is 0 Å². The van der Waals surface area contributed by atoms with Crippen molar-refractivity contribution in [3.8, 4) is 6.07 Å². The second-order valence-corrected chi connectivity index (χ2v) is 5.20. The lowest BCUT2D eigenvalue weighted by atomic mass is 10.2. The van der Waals surface area contributed by atoms with Gasteiger partial charge in [-0.15, -0.1) is 10.2 Å². The molecule has 1 aromatic heterocycles. The van der Waals surface area contributed by atoms with Crippen LogP contribution in [0.15, 0.2) is 34.5 Å². The zero-order valence-corrected chi connectivity index (χ0v) is 13.2. The van der Waals surface area contributed by atoms with Gasteiger partial charge in [0.1, 0.15) is 11.6 Å². The standard InChI is InChI=1S/C15H17N5S/c1-4-20(5-2)13-8-6-12(7-9-13)17-18-15-14(10-16)11(3)19-21-15/h6-9H,4-5H2,1-3H3. The van der Waals surface area contributed by atoms with Crippen molar-refractivity contribution < 1.29 is 0 Å². The Kier molecular flexibility index (Phi) is 5.01. The molecule has 0 fully saturated rings. The van der Waals surface area contributed by atoms with Gasteiger partial charge in [-0.2, -0.15) is 9.64 Å². The van der Waals surface area contributed by atoms with Gasteiger partial charge in [0.2, 0.25) is 0 Å². The van der Waals surface area contributed by atoms with Crippen LogP contribution in [0.3, 0.4) is 0 Å². The predicted octanol–water partition coefficient (Wildman–Crippen LogP) is 4.58. The lowest BCUT2D eigenvalue weighted by Crippen LogP contribution is -2.21. The number of rotatable bonds is 5. The Morgan fingerprint density at radius 3 is 2.43 bits per heavy atom. The molecular weight excluding hydrogens is 282 g/mol. The Hall–Kier alpha value is -2.26. The molecule has 0 bridgehead atoms. The first-order valence-corrected chi connectivity index (χ1v) is 7.60. The van der Waals surface area contributed by atoms with Gasteiger partial charge < -0.3 is 4.90 Å². The van der Waals surface area contributed by atoms with Gasteiger partial charge in [-0.05, 0) is 56.6 Å². The number of anilines is 1. The molecular formula is C15H17N5S. The van der Waals surface area contributed by atoms with E-state index in [2.05, 4.69) is 39.4 Å². The molecule has 0 spiro atoms. The molecule has 0 atom stereocenters. The average molecular weight is 299 g/mol. The summed E-state index contributed by atoms with van der Waals surface area (Å²) in [7, 11) is 0. The summed E-state index contributed by atoms with van der Waals surface area (Å²) in [4.78, 5) is 2.27. The van der Waals surface area contributed by atoms with E-state index in [1.54, 1.807) is 6.92 Å². The minimum Gasteiger partial charge on any atom is -0.372 e. The zero-order valence-electron chi connectivity index (χ0n) is 12.4. The van der Waals surface area contributed by atoms with E-state index < -0.39 is 0 Å². The lowest BCUT2D eigenvalue weighted by Gasteiger charge is -2.20. The first kappa shape index (κ1) is 15.1. The van der Waals surface area contributed by atoms with Crippen LogP contribution in [0.5, 0.6) is 0 Å². The summed E-state index contributed by atoms with van der Waals surface area (Å²) in [5.41, 5.74) is 3.14. The van der Waals surface area contributed by atoms with Gasteiger partial charge in [0, 0.05) is 18.8 Å². The zero-order chi connectivity index (χ0) is 15.2. The maximum Gasteiger partial charge on any atom is 0.176 e. The van der Waals surface area contributed by atoms with Gasteiger partial charge in [0.25, 0.3) is 0 Å². The minimum atomic E-state index is 0.503. The lowest BCUT2D eigenvalue weighted by molar-refractivity contribution is 0.866. The van der Waals surface area contributed by atoms with Gasteiger partial charge in [0.05, 0.1) is 11.4 Å². The molecule has 6 heteroatoms. The highest BCUT2D eigenvalue weighted by Gasteiger charge is 2.09. The third-order valence-corrected chi connectivity index (χ3v) is 4.01. The number of azo groups is 1. The van der Waals surface area contributed by atoms with Gasteiger partial charge in [-0.1, -0.05) is 0 Å². The largest absolute Gasteiger partial charge is 0.372 e. The number of hydrogen-bond donors (Lipinski definition) is 0. The van der Waals surface area contributed by atoms with Gasteiger partial charge >= 0.3 is 0 Å². The van der Waals surface area contributed by atoms with E-state index in [9.17, 15) is 0 Å². The number of nitrogens with zero attached hydrogens (tertiary/aromatic N) is 5. The van der Waals surface area contributed by atoms with E-state index in [0.29, 0.717) is 16.3 Å². The van der Waals surface area contributed by atoms with E-state index in [1.807, 2.05) is 24.3 Å². The number of aromatic nitrogens is 1. The molecule has 21 heavy (non-hydrogen) atoms. The second-order valence-electron chi connectivity index (χ2n) is 4.45. The van der Waals surface area contributed by atoms with Crippen LogP contribution in [0.25, 0.3) is 0 Å². The molecule has 0 aliphatic carbocycles. The molecule has 0 saturated carbocycles. The van der Waals surface area contributed by atoms with E-state index in [1.165, 1.54) is 17.2 Å². The Labute approximate surface area is 128 Å². The Morgan fingerprint density at radius 2 is 1.86 bits per heavy atom. The van der Waals surface area contributed by atoms with Crippen LogP contribution in [0.1, 0.15) is 25.1 Å². The molecule has 1 heterocycles. The summed E-state index contributed by atoms with van der Waals surface area (Å²) >= 11 is 1.19. The maximum absolute atomic E-state index is 9.05. The molecule has 2 aromatic rings. The van der Waals surface area contributed by atoms with Crippen molar-refractivity contribution in [2.24, 2.45) is 10.2 Å². The quantitative estimate of drug-likeness (QED) is 0.759. The van der Waals surface area contributed by atoms with Crippen LogP contribution in [0.4, 0.5) is 16.4 Å². The minimum absolute atomic E-state index is 0.503. The summed E-state index contributed by atoms with van der Waals surface area (Å²) in [5, 5.41) is 17.9. The van der Waals surface area contributed by atoms with Crippen molar-refractivity contribution in [2.75, 3.05) is 18.0 Å². The molecule has 5 nitrogen and oxygen atoms in total. The SMILES string of the molecule is CCN(CC)c1ccc(N=Nc2snc(C)c2C#N)cc1. The Bertz CT molecular complexity index is 662. The summed E-state index contributed by atoms with van der Waals surface area (Å²) < 4.78 is 4.12. The fraction of sp³-hybridized carbons (Fsp3) is 0.333. The van der Waals surface area contributed by atoms with E-state index >= 15 is 0 Å². The number of aryl methyl sites for hydroxylation is 1. The number of hydrogen-bond acceptors (Lipinski definition) is 6. The van der Waals surface area contributed by atoms with Crippen molar-refractivity contribution >= 4 is 27.9 Å². The molecule has 108 valence electrons. The van der Waals surface area contributed by atoms with Gasteiger partial charge in [0.15, 0.2) is 5.00 Å². The molecule has 0 amide bonds. The Balaban J connectivity index is 2.17.